The summed E-state index contributed by atoms with van der Waals surface area (Å²) in [6.07, 6.45) is 0. The Morgan fingerprint density at radius 1 is 1.12 bits per heavy atom. The van der Waals surface area contributed by atoms with Crippen LogP contribution in [0.3, 0.4) is 0 Å². The van der Waals surface area contributed by atoms with E-state index < -0.39 is 5.91 Å². The molecule has 1 aromatic heterocycles. The predicted molar refractivity (Wildman–Crippen MR) is 92.3 cm³/mol. The van der Waals surface area contributed by atoms with Gasteiger partial charge >= 0.3 is 0 Å². The quantitative estimate of drug-likeness (QED) is 0.573. The molecule has 1 unspecified atom stereocenters. The number of amides is 2. The van der Waals surface area contributed by atoms with Crippen molar-refractivity contribution >= 4 is 23.2 Å². The molecular weight excluding hydrogens is 326 g/mol. The molecule has 0 aliphatic rings. The van der Waals surface area contributed by atoms with Crippen LogP contribution in [0.25, 0.3) is 0 Å². The van der Waals surface area contributed by atoms with Gasteiger partial charge in [-0.1, -0.05) is 26.0 Å². The van der Waals surface area contributed by atoms with Gasteiger partial charge in [-0.05, 0) is 37.5 Å². The van der Waals surface area contributed by atoms with Crippen molar-refractivity contribution in [2.24, 2.45) is 5.92 Å². The van der Waals surface area contributed by atoms with Gasteiger partial charge in [0, 0.05) is 5.56 Å². The number of aryl methyl sites for hydroxylation is 2. The summed E-state index contributed by atoms with van der Waals surface area (Å²) >= 11 is 1.38. The van der Waals surface area contributed by atoms with Crippen molar-refractivity contribution in [3.8, 4) is 0 Å². The minimum absolute atomic E-state index is 0.144. The monoisotopic (exact) mass is 347 g/mol. The van der Waals surface area contributed by atoms with Crippen LogP contribution < -0.4 is 10.8 Å². The maximum atomic E-state index is 12.6. The molecule has 128 valence electrons. The van der Waals surface area contributed by atoms with Crippen LogP contribution in [0.5, 0.6) is 0 Å². The molecule has 0 aliphatic carbocycles. The Labute approximate surface area is 144 Å². The average molecular weight is 347 g/mol. The molecule has 3 N–H and O–H groups in total. The fourth-order valence-corrected chi connectivity index (χ4v) is 3.31. The van der Waals surface area contributed by atoms with Crippen LogP contribution in [-0.4, -0.2) is 22.0 Å². The first-order valence-electron chi connectivity index (χ1n) is 7.62. The average Bonchev–Trinajstić information content (AvgIpc) is 2.90. The Hall–Kier alpha value is -2.25. The van der Waals surface area contributed by atoms with Gasteiger partial charge in [0.05, 0.1) is 16.7 Å². The number of hydroxylamine groups is 1. The molecule has 0 bridgehead atoms. The van der Waals surface area contributed by atoms with E-state index in [2.05, 4.69) is 10.3 Å². The smallest absolute Gasteiger partial charge is 0.274 e. The van der Waals surface area contributed by atoms with Crippen LogP contribution >= 0.6 is 11.3 Å². The van der Waals surface area contributed by atoms with Crippen molar-refractivity contribution < 1.29 is 14.8 Å². The van der Waals surface area contributed by atoms with Crippen molar-refractivity contribution in [3.05, 3.63) is 51.0 Å². The molecule has 2 aromatic rings. The van der Waals surface area contributed by atoms with Crippen molar-refractivity contribution in [2.45, 2.75) is 33.7 Å². The van der Waals surface area contributed by atoms with E-state index >= 15 is 0 Å². The highest BCUT2D eigenvalue weighted by atomic mass is 32.1. The van der Waals surface area contributed by atoms with E-state index in [9.17, 15) is 9.59 Å². The minimum Gasteiger partial charge on any atom is -0.344 e. The number of nitrogens with zero attached hydrogens (tertiary/aromatic N) is 1. The molecule has 0 aliphatic heterocycles. The fourth-order valence-electron chi connectivity index (χ4n) is 2.49. The van der Waals surface area contributed by atoms with Gasteiger partial charge in [-0.3, -0.25) is 14.8 Å². The second-order valence-electron chi connectivity index (χ2n) is 5.91. The second kappa shape index (κ2) is 7.55. The van der Waals surface area contributed by atoms with Gasteiger partial charge in [0.15, 0.2) is 0 Å². The third-order valence-corrected chi connectivity index (χ3v) is 4.77. The maximum absolute atomic E-state index is 12.6. The number of carbonyl (C=O) groups excluding carboxylic acids is 2. The summed E-state index contributed by atoms with van der Waals surface area (Å²) in [6, 6.07) is 6.60. The topological polar surface area (TPSA) is 91.3 Å². The number of rotatable bonds is 5. The van der Waals surface area contributed by atoms with E-state index in [1.807, 2.05) is 27.7 Å². The number of hydrogen-bond acceptors (Lipinski definition) is 5. The molecule has 0 saturated heterocycles. The van der Waals surface area contributed by atoms with Crippen molar-refractivity contribution in [1.82, 2.24) is 15.8 Å². The molecule has 1 aromatic carbocycles. The van der Waals surface area contributed by atoms with Gasteiger partial charge in [-0.15, -0.1) is 11.3 Å². The molecule has 0 spiro atoms. The second-order valence-corrected chi connectivity index (χ2v) is 7.11. The summed E-state index contributed by atoms with van der Waals surface area (Å²) in [5, 5.41) is 12.6. The Kier molecular flexibility index (Phi) is 5.69. The Balaban J connectivity index is 2.22. The summed E-state index contributed by atoms with van der Waals surface area (Å²) in [6.45, 7) is 7.73. The van der Waals surface area contributed by atoms with E-state index in [0.29, 0.717) is 10.4 Å². The SMILES string of the molecule is Cc1nc(C)c(C(=O)NC(c2ccc(C(=O)NO)cc2)C(C)C)s1. The van der Waals surface area contributed by atoms with Crippen LogP contribution in [0, 0.1) is 19.8 Å². The number of nitrogens with one attached hydrogen (secondary N) is 2. The molecular formula is C17H21N3O3S. The van der Waals surface area contributed by atoms with Gasteiger partial charge in [0.1, 0.15) is 4.88 Å². The third kappa shape index (κ3) is 3.98. The van der Waals surface area contributed by atoms with E-state index in [1.54, 1.807) is 29.7 Å². The molecule has 2 amide bonds. The number of benzene rings is 1. The standard InChI is InChI=1S/C17H21N3O3S/c1-9(2)14(12-5-7-13(8-6-12)16(21)20-23)19-17(22)15-10(3)18-11(4)24-15/h5-9,14,23H,1-4H3,(H,19,22)(H,20,21). The first-order chi connectivity index (χ1) is 11.3. The number of hydrogen-bond donors (Lipinski definition) is 3. The Morgan fingerprint density at radius 2 is 1.75 bits per heavy atom. The highest BCUT2D eigenvalue weighted by Gasteiger charge is 2.22. The lowest BCUT2D eigenvalue weighted by molar-refractivity contribution is 0.0706. The lowest BCUT2D eigenvalue weighted by atomic mass is 9.95. The Bertz CT molecular complexity index is 738. The molecule has 0 radical (unpaired) electrons. The zero-order valence-electron chi connectivity index (χ0n) is 14.1. The van der Waals surface area contributed by atoms with Crippen LogP contribution in [0.4, 0.5) is 0 Å². The van der Waals surface area contributed by atoms with Crippen LogP contribution in [0.15, 0.2) is 24.3 Å². The normalized spacial score (nSPS) is 12.1. The number of carbonyl (C=O) groups is 2. The van der Waals surface area contributed by atoms with Crippen molar-refractivity contribution in [2.75, 3.05) is 0 Å². The molecule has 7 heteroatoms. The molecule has 0 fully saturated rings. The zero-order valence-corrected chi connectivity index (χ0v) is 14.9. The van der Waals surface area contributed by atoms with E-state index in [4.69, 9.17) is 5.21 Å². The number of thiazole rings is 1. The van der Waals surface area contributed by atoms with Crippen molar-refractivity contribution in [3.63, 3.8) is 0 Å². The highest BCUT2D eigenvalue weighted by Crippen LogP contribution is 2.24. The maximum Gasteiger partial charge on any atom is 0.274 e. The van der Waals surface area contributed by atoms with Gasteiger partial charge in [0.2, 0.25) is 0 Å². The highest BCUT2D eigenvalue weighted by molar-refractivity contribution is 7.13. The zero-order chi connectivity index (χ0) is 17.9. The molecule has 24 heavy (non-hydrogen) atoms. The van der Waals surface area contributed by atoms with E-state index in [0.717, 1.165) is 16.3 Å². The van der Waals surface area contributed by atoms with Gasteiger partial charge in [-0.2, -0.15) is 0 Å². The molecule has 2 rings (SSSR count). The van der Waals surface area contributed by atoms with Gasteiger partial charge in [0.25, 0.3) is 11.8 Å². The minimum atomic E-state index is -0.567. The first kappa shape index (κ1) is 18.1. The van der Waals surface area contributed by atoms with Crippen LogP contribution in [-0.2, 0) is 0 Å². The Morgan fingerprint density at radius 3 is 2.21 bits per heavy atom. The number of aromatic nitrogens is 1. The van der Waals surface area contributed by atoms with E-state index in [1.165, 1.54) is 11.3 Å². The largest absolute Gasteiger partial charge is 0.344 e. The predicted octanol–water partition coefficient (Wildman–Crippen LogP) is 3.01. The van der Waals surface area contributed by atoms with Gasteiger partial charge < -0.3 is 5.32 Å². The lowest BCUT2D eigenvalue weighted by Gasteiger charge is -2.23. The summed E-state index contributed by atoms with van der Waals surface area (Å²) in [5.41, 5.74) is 3.58. The summed E-state index contributed by atoms with van der Waals surface area (Å²) in [4.78, 5) is 28.9. The summed E-state index contributed by atoms with van der Waals surface area (Å²) in [7, 11) is 0. The fraction of sp³-hybridized carbons (Fsp3) is 0.353. The first-order valence-corrected chi connectivity index (χ1v) is 8.44. The third-order valence-electron chi connectivity index (χ3n) is 3.70. The molecule has 1 atom stereocenters. The molecule has 0 saturated carbocycles. The van der Waals surface area contributed by atoms with Crippen LogP contribution in [0.1, 0.15) is 56.2 Å². The molecule has 6 nitrogen and oxygen atoms in total. The van der Waals surface area contributed by atoms with Gasteiger partial charge in [-0.25, -0.2) is 10.5 Å². The van der Waals surface area contributed by atoms with E-state index in [-0.39, 0.29) is 17.9 Å². The summed E-state index contributed by atoms with van der Waals surface area (Å²) < 4.78 is 0. The van der Waals surface area contributed by atoms with Crippen molar-refractivity contribution in [1.29, 1.82) is 0 Å². The van der Waals surface area contributed by atoms with Crippen LogP contribution in [0.2, 0.25) is 0 Å². The molecule has 1 heterocycles. The lowest BCUT2D eigenvalue weighted by Crippen LogP contribution is -2.31. The summed E-state index contributed by atoms with van der Waals surface area (Å²) in [5.74, 6) is -0.544.